The summed E-state index contributed by atoms with van der Waals surface area (Å²) in [6.45, 7) is 5.79. The fourth-order valence-electron chi connectivity index (χ4n) is 3.36. The van der Waals surface area contributed by atoms with Crippen LogP contribution in [0.3, 0.4) is 0 Å². The van der Waals surface area contributed by atoms with Crippen molar-refractivity contribution in [2.24, 2.45) is 0 Å². The molecule has 0 aliphatic carbocycles. The molecule has 29 heavy (non-hydrogen) atoms. The van der Waals surface area contributed by atoms with Crippen molar-refractivity contribution in [1.82, 2.24) is 5.32 Å². The third-order valence-corrected chi connectivity index (χ3v) is 4.96. The molecule has 0 spiro atoms. The summed E-state index contributed by atoms with van der Waals surface area (Å²) in [4.78, 5) is 24.8. The third kappa shape index (κ3) is 4.98. The number of amides is 1. The van der Waals surface area contributed by atoms with E-state index in [1.165, 1.54) is 0 Å². The minimum atomic E-state index is -0.656. The summed E-state index contributed by atoms with van der Waals surface area (Å²) < 4.78 is 5.35. The first-order chi connectivity index (χ1) is 13.7. The Hall–Kier alpha value is -2.79. The van der Waals surface area contributed by atoms with Crippen LogP contribution in [0, 0.1) is 0 Å². The summed E-state index contributed by atoms with van der Waals surface area (Å²) in [6, 6.07) is 12.7. The average Bonchev–Trinajstić information content (AvgIpc) is 2.67. The van der Waals surface area contributed by atoms with Crippen molar-refractivity contribution in [3.05, 3.63) is 65.2 Å². The van der Waals surface area contributed by atoms with Crippen molar-refractivity contribution in [1.29, 1.82) is 0 Å². The molecule has 0 aromatic heterocycles. The molecular weight excluding hydrogens is 388 g/mol. The SMILES string of the molecule is COc1ccc2c(c1)C(=CC(=O)c1cccc(NC(=O)C(C)Cl)c1)NC(C)(C)C2. The van der Waals surface area contributed by atoms with E-state index in [1.54, 1.807) is 44.4 Å². The maximum atomic E-state index is 13.0. The van der Waals surface area contributed by atoms with Gasteiger partial charge in [-0.25, -0.2) is 0 Å². The zero-order chi connectivity index (χ0) is 21.2. The van der Waals surface area contributed by atoms with Gasteiger partial charge in [-0.15, -0.1) is 11.6 Å². The van der Waals surface area contributed by atoms with E-state index in [0.717, 1.165) is 29.0 Å². The Morgan fingerprint density at radius 2 is 2.00 bits per heavy atom. The Morgan fingerprint density at radius 1 is 1.24 bits per heavy atom. The van der Waals surface area contributed by atoms with Crippen molar-refractivity contribution < 1.29 is 14.3 Å². The number of ketones is 1. The molecule has 1 aliphatic heterocycles. The maximum absolute atomic E-state index is 13.0. The molecule has 3 rings (SSSR count). The van der Waals surface area contributed by atoms with Crippen molar-refractivity contribution >= 4 is 34.7 Å². The second-order valence-corrected chi connectivity index (χ2v) is 8.47. The number of anilines is 1. The van der Waals surface area contributed by atoms with E-state index in [4.69, 9.17) is 16.3 Å². The largest absolute Gasteiger partial charge is 0.497 e. The van der Waals surface area contributed by atoms with Gasteiger partial charge in [-0.3, -0.25) is 9.59 Å². The predicted octanol–water partition coefficient (Wildman–Crippen LogP) is 4.41. The van der Waals surface area contributed by atoms with Crippen molar-refractivity contribution in [3.8, 4) is 5.75 Å². The second kappa shape index (κ2) is 8.29. The van der Waals surface area contributed by atoms with E-state index in [2.05, 4.69) is 24.5 Å². The molecule has 0 radical (unpaired) electrons. The van der Waals surface area contributed by atoms with Crippen LogP contribution in [-0.4, -0.2) is 29.7 Å². The Bertz CT molecular complexity index is 980. The fraction of sp³-hybridized carbons (Fsp3) is 0.304. The normalized spacial score (nSPS) is 17.1. The predicted molar refractivity (Wildman–Crippen MR) is 117 cm³/mol. The van der Waals surface area contributed by atoms with E-state index in [-0.39, 0.29) is 17.2 Å². The zero-order valence-corrected chi connectivity index (χ0v) is 17.8. The number of ether oxygens (including phenoxy) is 1. The number of halogens is 1. The summed E-state index contributed by atoms with van der Waals surface area (Å²) in [7, 11) is 1.62. The molecule has 1 aliphatic rings. The van der Waals surface area contributed by atoms with Gasteiger partial charge in [-0.05, 0) is 57.0 Å². The minimum Gasteiger partial charge on any atom is -0.497 e. The molecule has 0 fully saturated rings. The summed E-state index contributed by atoms with van der Waals surface area (Å²) in [5, 5.41) is 5.51. The molecule has 5 nitrogen and oxygen atoms in total. The van der Waals surface area contributed by atoms with Gasteiger partial charge in [0.05, 0.1) is 7.11 Å². The lowest BCUT2D eigenvalue weighted by atomic mass is 9.85. The highest BCUT2D eigenvalue weighted by molar-refractivity contribution is 6.32. The van der Waals surface area contributed by atoms with E-state index in [0.29, 0.717) is 11.3 Å². The number of fused-ring (bicyclic) bond motifs is 1. The smallest absolute Gasteiger partial charge is 0.242 e. The lowest BCUT2D eigenvalue weighted by molar-refractivity contribution is -0.115. The average molecular weight is 413 g/mol. The van der Waals surface area contributed by atoms with Crippen molar-refractivity contribution in [3.63, 3.8) is 0 Å². The molecule has 1 unspecified atom stereocenters. The maximum Gasteiger partial charge on any atom is 0.242 e. The molecule has 2 aromatic rings. The van der Waals surface area contributed by atoms with Gasteiger partial charge < -0.3 is 15.4 Å². The third-order valence-electron chi connectivity index (χ3n) is 4.76. The van der Waals surface area contributed by atoms with Crippen molar-refractivity contribution in [2.45, 2.75) is 38.1 Å². The molecule has 0 bridgehead atoms. The molecule has 1 amide bonds. The standard InChI is InChI=1S/C23H25ClN2O3/c1-14(24)22(28)25-17-7-5-6-15(10-17)21(27)12-20-19-11-18(29-4)9-8-16(19)13-23(2,3)26-20/h5-12,14,26H,13H2,1-4H3,(H,25,28). The van der Waals surface area contributed by atoms with Crippen LogP contribution in [-0.2, 0) is 11.2 Å². The van der Waals surface area contributed by atoms with E-state index in [1.807, 2.05) is 18.2 Å². The van der Waals surface area contributed by atoms with Gasteiger partial charge in [0.15, 0.2) is 5.78 Å². The van der Waals surface area contributed by atoms with E-state index in [9.17, 15) is 9.59 Å². The van der Waals surface area contributed by atoms with Crippen LogP contribution in [0.25, 0.3) is 5.70 Å². The quantitative estimate of drug-likeness (QED) is 0.433. The molecule has 0 saturated heterocycles. The highest BCUT2D eigenvalue weighted by Gasteiger charge is 2.28. The first-order valence-electron chi connectivity index (χ1n) is 9.45. The summed E-state index contributed by atoms with van der Waals surface area (Å²) >= 11 is 5.80. The number of rotatable bonds is 5. The first-order valence-corrected chi connectivity index (χ1v) is 9.89. The summed E-state index contributed by atoms with van der Waals surface area (Å²) in [5.74, 6) is 0.267. The van der Waals surface area contributed by atoms with Gasteiger partial charge in [0.2, 0.25) is 5.91 Å². The number of carbonyl (C=O) groups excluding carboxylic acids is 2. The monoisotopic (exact) mass is 412 g/mol. The molecule has 6 heteroatoms. The zero-order valence-electron chi connectivity index (χ0n) is 17.0. The number of alkyl halides is 1. The lowest BCUT2D eigenvalue weighted by Crippen LogP contribution is -2.43. The lowest BCUT2D eigenvalue weighted by Gasteiger charge is -2.35. The Labute approximate surface area is 176 Å². The number of hydrogen-bond acceptors (Lipinski definition) is 4. The van der Waals surface area contributed by atoms with Gasteiger partial charge in [0, 0.05) is 34.1 Å². The Balaban J connectivity index is 1.94. The van der Waals surface area contributed by atoms with Crippen LogP contribution in [0.5, 0.6) is 5.75 Å². The van der Waals surface area contributed by atoms with E-state index >= 15 is 0 Å². The van der Waals surface area contributed by atoms with Crippen LogP contribution < -0.4 is 15.4 Å². The van der Waals surface area contributed by atoms with Crippen LogP contribution in [0.15, 0.2) is 48.5 Å². The first kappa shape index (κ1) is 20.9. The van der Waals surface area contributed by atoms with Crippen molar-refractivity contribution in [2.75, 3.05) is 12.4 Å². The Morgan fingerprint density at radius 3 is 2.69 bits per heavy atom. The molecule has 152 valence electrons. The highest BCUT2D eigenvalue weighted by atomic mass is 35.5. The molecule has 2 aromatic carbocycles. The molecule has 1 atom stereocenters. The minimum absolute atomic E-state index is 0.158. The Kier molecular flexibility index (Phi) is 5.99. The molecule has 0 saturated carbocycles. The van der Waals surface area contributed by atoms with Gasteiger partial charge in [0.1, 0.15) is 11.1 Å². The second-order valence-electron chi connectivity index (χ2n) is 7.82. The molecular formula is C23H25ClN2O3. The van der Waals surface area contributed by atoms with Gasteiger partial charge in [-0.1, -0.05) is 18.2 Å². The number of nitrogens with one attached hydrogen (secondary N) is 2. The van der Waals surface area contributed by atoms with Crippen LogP contribution in [0.2, 0.25) is 0 Å². The van der Waals surface area contributed by atoms with E-state index < -0.39 is 5.38 Å². The van der Waals surface area contributed by atoms with Crippen LogP contribution in [0.4, 0.5) is 5.69 Å². The van der Waals surface area contributed by atoms with Gasteiger partial charge in [-0.2, -0.15) is 0 Å². The topological polar surface area (TPSA) is 67.4 Å². The van der Waals surface area contributed by atoms with Gasteiger partial charge >= 0.3 is 0 Å². The summed E-state index contributed by atoms with van der Waals surface area (Å²) in [6.07, 6.45) is 2.44. The van der Waals surface area contributed by atoms with Crippen LogP contribution in [0.1, 0.15) is 42.3 Å². The summed E-state index contributed by atoms with van der Waals surface area (Å²) in [5.41, 5.74) is 3.70. The number of benzene rings is 2. The molecule has 1 heterocycles. The number of methoxy groups -OCH3 is 1. The fourth-order valence-corrected chi connectivity index (χ4v) is 3.41. The number of hydrogen-bond donors (Lipinski definition) is 2. The number of allylic oxidation sites excluding steroid dienone is 1. The van der Waals surface area contributed by atoms with Crippen LogP contribution >= 0.6 is 11.6 Å². The van der Waals surface area contributed by atoms with Gasteiger partial charge in [0.25, 0.3) is 0 Å². The molecule has 2 N–H and O–H groups in total. The highest BCUT2D eigenvalue weighted by Crippen LogP contribution is 2.32. The number of carbonyl (C=O) groups is 2.